The van der Waals surface area contributed by atoms with Crippen molar-refractivity contribution in [3.05, 3.63) is 69.2 Å². The quantitative estimate of drug-likeness (QED) is 0.364. The molecule has 0 aliphatic heterocycles. The Morgan fingerprint density at radius 2 is 1.73 bits per heavy atom. The number of fused-ring (bicyclic) bond motifs is 4. The van der Waals surface area contributed by atoms with Crippen molar-refractivity contribution < 1.29 is 0 Å². The molecule has 7 heteroatoms. The first kappa shape index (κ1) is 18.9. The summed E-state index contributed by atoms with van der Waals surface area (Å²) in [5.74, 6) is 0.686. The van der Waals surface area contributed by atoms with Crippen LogP contribution in [0, 0.1) is 6.92 Å². The molecule has 30 heavy (non-hydrogen) atoms. The highest BCUT2D eigenvalue weighted by molar-refractivity contribution is 9.10. The Bertz CT molecular complexity index is 1500. The summed E-state index contributed by atoms with van der Waals surface area (Å²) in [4.78, 5) is 28.2. The van der Waals surface area contributed by atoms with Gasteiger partial charge in [-0.3, -0.25) is 13.9 Å². The number of rotatable bonds is 3. The number of para-hydroxylation sites is 2. The van der Waals surface area contributed by atoms with E-state index in [1.807, 2.05) is 66.9 Å². The molecule has 2 aromatic carbocycles. The SMILES string of the molecule is CC[C@@H](C)n1c(C)nc2c(c1=O)c1nc3ccccc3nc1n2-c1cccc(Br)c1. The zero-order valence-electron chi connectivity index (χ0n) is 16.9. The fourth-order valence-electron chi connectivity index (χ4n) is 3.97. The van der Waals surface area contributed by atoms with Crippen LogP contribution in [0.5, 0.6) is 0 Å². The third-order valence-electron chi connectivity index (χ3n) is 5.58. The summed E-state index contributed by atoms with van der Waals surface area (Å²) < 4.78 is 4.64. The summed E-state index contributed by atoms with van der Waals surface area (Å²) in [7, 11) is 0. The van der Waals surface area contributed by atoms with E-state index in [-0.39, 0.29) is 11.6 Å². The predicted molar refractivity (Wildman–Crippen MR) is 123 cm³/mol. The van der Waals surface area contributed by atoms with Crippen molar-refractivity contribution in [1.29, 1.82) is 0 Å². The fraction of sp³-hybridized carbons (Fsp3) is 0.217. The summed E-state index contributed by atoms with van der Waals surface area (Å²) in [5.41, 5.74) is 4.14. The summed E-state index contributed by atoms with van der Waals surface area (Å²) in [6.45, 7) is 5.99. The van der Waals surface area contributed by atoms with E-state index >= 15 is 0 Å². The minimum atomic E-state index is -0.0739. The molecule has 0 amide bonds. The second-order valence-corrected chi connectivity index (χ2v) is 8.41. The molecule has 0 radical (unpaired) electrons. The number of nitrogens with zero attached hydrogens (tertiary/aromatic N) is 5. The maximum Gasteiger partial charge on any atom is 0.265 e. The van der Waals surface area contributed by atoms with Crippen LogP contribution in [-0.2, 0) is 0 Å². The Morgan fingerprint density at radius 3 is 2.43 bits per heavy atom. The smallest absolute Gasteiger partial charge is 0.265 e. The molecular weight excluding hydrogens is 442 g/mol. The van der Waals surface area contributed by atoms with Gasteiger partial charge in [-0.1, -0.05) is 41.1 Å². The molecule has 5 rings (SSSR count). The minimum absolute atomic E-state index is 0.0482. The van der Waals surface area contributed by atoms with Crippen LogP contribution in [0.25, 0.3) is 38.9 Å². The Balaban J connectivity index is 2.03. The van der Waals surface area contributed by atoms with Gasteiger partial charge in [0, 0.05) is 10.5 Å². The molecule has 0 saturated carbocycles. The highest BCUT2D eigenvalue weighted by Crippen LogP contribution is 2.30. The molecule has 0 unspecified atom stereocenters. The topological polar surface area (TPSA) is 65.6 Å². The molecule has 0 N–H and O–H groups in total. The van der Waals surface area contributed by atoms with Crippen molar-refractivity contribution in [2.75, 3.05) is 0 Å². The van der Waals surface area contributed by atoms with Crippen LogP contribution in [-0.4, -0.2) is 24.1 Å². The number of aromatic nitrogens is 5. The number of benzene rings is 2. The van der Waals surface area contributed by atoms with Gasteiger partial charge in [0.2, 0.25) is 0 Å². The first-order chi connectivity index (χ1) is 14.5. The molecule has 3 heterocycles. The predicted octanol–water partition coefficient (Wildman–Crippen LogP) is 5.33. The molecule has 0 bridgehead atoms. The summed E-state index contributed by atoms with van der Waals surface area (Å²) >= 11 is 3.55. The minimum Gasteiger partial charge on any atom is -0.293 e. The van der Waals surface area contributed by atoms with E-state index in [9.17, 15) is 4.79 Å². The van der Waals surface area contributed by atoms with Gasteiger partial charge in [-0.05, 0) is 50.6 Å². The van der Waals surface area contributed by atoms with Gasteiger partial charge >= 0.3 is 0 Å². The van der Waals surface area contributed by atoms with Crippen molar-refractivity contribution in [2.45, 2.75) is 33.2 Å². The molecule has 3 aromatic heterocycles. The first-order valence-corrected chi connectivity index (χ1v) is 10.7. The Morgan fingerprint density at radius 1 is 1.00 bits per heavy atom. The Labute approximate surface area is 181 Å². The molecular formula is C23H20BrN5O. The van der Waals surface area contributed by atoms with Crippen LogP contribution in [0.3, 0.4) is 0 Å². The van der Waals surface area contributed by atoms with E-state index in [2.05, 4.69) is 22.9 Å². The van der Waals surface area contributed by atoms with Gasteiger partial charge in [0.1, 0.15) is 16.7 Å². The van der Waals surface area contributed by atoms with Crippen molar-refractivity contribution in [3.8, 4) is 5.69 Å². The van der Waals surface area contributed by atoms with Crippen LogP contribution >= 0.6 is 15.9 Å². The summed E-state index contributed by atoms with van der Waals surface area (Å²) in [6.07, 6.45) is 0.840. The highest BCUT2D eigenvalue weighted by Gasteiger charge is 2.23. The van der Waals surface area contributed by atoms with Crippen molar-refractivity contribution in [1.82, 2.24) is 24.1 Å². The Hall–Kier alpha value is -3.06. The second kappa shape index (κ2) is 7.02. The standard InChI is InChI=1S/C23H20BrN5O/c1-4-13(2)28-14(3)25-21-19(23(28)30)20-22(27-18-11-6-5-10-17(18)26-20)29(21)16-9-7-8-15(24)12-16/h5-13H,4H2,1-3H3/t13-/m1/s1. The number of halogens is 1. The van der Waals surface area contributed by atoms with E-state index in [4.69, 9.17) is 15.0 Å². The van der Waals surface area contributed by atoms with E-state index in [1.165, 1.54) is 0 Å². The van der Waals surface area contributed by atoms with E-state index in [0.717, 1.165) is 27.6 Å². The zero-order chi connectivity index (χ0) is 21.0. The maximum atomic E-state index is 13.6. The Kier molecular flexibility index (Phi) is 4.43. The zero-order valence-corrected chi connectivity index (χ0v) is 18.5. The average molecular weight is 462 g/mol. The first-order valence-electron chi connectivity index (χ1n) is 9.95. The monoisotopic (exact) mass is 461 g/mol. The lowest BCUT2D eigenvalue weighted by Crippen LogP contribution is -2.26. The number of aryl methyl sites for hydroxylation is 1. The van der Waals surface area contributed by atoms with E-state index in [0.29, 0.717) is 28.0 Å². The normalized spacial score (nSPS) is 12.8. The molecule has 0 saturated heterocycles. The van der Waals surface area contributed by atoms with Crippen LogP contribution in [0.2, 0.25) is 0 Å². The number of hydrogen-bond donors (Lipinski definition) is 0. The fourth-order valence-corrected chi connectivity index (χ4v) is 4.36. The lowest BCUT2D eigenvalue weighted by Gasteiger charge is -2.16. The molecule has 150 valence electrons. The van der Waals surface area contributed by atoms with Crippen LogP contribution in [0.1, 0.15) is 32.1 Å². The lowest BCUT2D eigenvalue weighted by atomic mass is 10.2. The third-order valence-corrected chi connectivity index (χ3v) is 6.08. The average Bonchev–Trinajstić information content (AvgIpc) is 3.04. The van der Waals surface area contributed by atoms with Crippen molar-refractivity contribution in [2.24, 2.45) is 0 Å². The molecule has 0 aliphatic rings. The highest BCUT2D eigenvalue weighted by atomic mass is 79.9. The number of hydrogen-bond acceptors (Lipinski definition) is 4. The molecule has 0 fully saturated rings. The molecule has 0 aliphatic carbocycles. The molecule has 5 aromatic rings. The maximum absolute atomic E-state index is 13.6. The van der Waals surface area contributed by atoms with Crippen LogP contribution < -0.4 is 5.56 Å². The molecule has 6 nitrogen and oxygen atoms in total. The van der Waals surface area contributed by atoms with Gasteiger partial charge in [-0.2, -0.15) is 0 Å². The summed E-state index contributed by atoms with van der Waals surface area (Å²) in [5, 5.41) is 0.508. The molecule has 1 atom stereocenters. The second-order valence-electron chi connectivity index (χ2n) is 7.49. The third kappa shape index (κ3) is 2.76. The lowest BCUT2D eigenvalue weighted by molar-refractivity contribution is 0.497. The van der Waals surface area contributed by atoms with Gasteiger partial charge < -0.3 is 0 Å². The molecule has 0 spiro atoms. The summed E-state index contributed by atoms with van der Waals surface area (Å²) in [6, 6.07) is 15.7. The van der Waals surface area contributed by atoms with Crippen LogP contribution in [0.4, 0.5) is 0 Å². The van der Waals surface area contributed by atoms with Crippen molar-refractivity contribution in [3.63, 3.8) is 0 Å². The van der Waals surface area contributed by atoms with Gasteiger partial charge in [0.25, 0.3) is 5.56 Å². The van der Waals surface area contributed by atoms with Gasteiger partial charge in [0.05, 0.1) is 16.7 Å². The van der Waals surface area contributed by atoms with Gasteiger partial charge in [0.15, 0.2) is 11.3 Å². The largest absolute Gasteiger partial charge is 0.293 e. The van der Waals surface area contributed by atoms with Gasteiger partial charge in [-0.25, -0.2) is 15.0 Å². The van der Waals surface area contributed by atoms with E-state index in [1.54, 1.807) is 4.57 Å². The van der Waals surface area contributed by atoms with Crippen LogP contribution in [0.15, 0.2) is 57.8 Å². The van der Waals surface area contributed by atoms with E-state index < -0.39 is 0 Å². The van der Waals surface area contributed by atoms with Gasteiger partial charge in [-0.15, -0.1) is 0 Å². The van der Waals surface area contributed by atoms with Crippen molar-refractivity contribution >= 4 is 49.2 Å².